The van der Waals surface area contributed by atoms with E-state index in [9.17, 15) is 8.42 Å². The standard InChI is InChI=1S/C11H19N3O2S/c1-14-7-6-9(8-14)17(15,16)13-11-5-3-2-4-10(11)12/h6-8,10-11,13H,2-5,12H2,1H3. The quantitative estimate of drug-likeness (QED) is 0.831. The number of sulfonamides is 1. The molecule has 2 atom stereocenters. The third-order valence-corrected chi connectivity index (χ3v) is 4.72. The lowest BCUT2D eigenvalue weighted by Gasteiger charge is -2.28. The molecule has 0 bridgehead atoms. The number of hydrogen-bond donors (Lipinski definition) is 2. The highest BCUT2D eigenvalue weighted by Crippen LogP contribution is 2.19. The molecule has 0 aromatic carbocycles. The van der Waals surface area contributed by atoms with E-state index < -0.39 is 10.0 Å². The summed E-state index contributed by atoms with van der Waals surface area (Å²) >= 11 is 0. The maximum Gasteiger partial charge on any atom is 0.242 e. The minimum absolute atomic E-state index is 0.0674. The van der Waals surface area contributed by atoms with Gasteiger partial charge in [-0.3, -0.25) is 0 Å². The Hall–Kier alpha value is -0.850. The van der Waals surface area contributed by atoms with Gasteiger partial charge >= 0.3 is 0 Å². The molecule has 0 saturated heterocycles. The van der Waals surface area contributed by atoms with Gasteiger partial charge in [-0.15, -0.1) is 0 Å². The summed E-state index contributed by atoms with van der Waals surface area (Å²) in [6.07, 6.45) is 7.15. The second-order valence-electron chi connectivity index (χ2n) is 4.69. The topological polar surface area (TPSA) is 77.1 Å². The predicted octanol–water partition coefficient (Wildman–Crippen LogP) is 0.573. The molecule has 0 amide bonds. The molecule has 1 aromatic heterocycles. The van der Waals surface area contributed by atoms with Gasteiger partial charge in [-0.2, -0.15) is 0 Å². The highest BCUT2D eigenvalue weighted by atomic mass is 32.2. The molecule has 1 aromatic rings. The second kappa shape index (κ2) is 4.80. The zero-order valence-electron chi connectivity index (χ0n) is 9.96. The van der Waals surface area contributed by atoms with Crippen LogP contribution in [-0.4, -0.2) is 25.1 Å². The summed E-state index contributed by atoms with van der Waals surface area (Å²) in [6.45, 7) is 0. The van der Waals surface area contributed by atoms with Crippen molar-refractivity contribution < 1.29 is 8.42 Å². The highest BCUT2D eigenvalue weighted by molar-refractivity contribution is 7.89. The Morgan fingerprint density at radius 3 is 2.71 bits per heavy atom. The Kier molecular flexibility index (Phi) is 3.56. The van der Waals surface area contributed by atoms with E-state index in [1.54, 1.807) is 30.1 Å². The van der Waals surface area contributed by atoms with Crippen LogP contribution in [0.5, 0.6) is 0 Å². The van der Waals surface area contributed by atoms with Crippen molar-refractivity contribution in [3.63, 3.8) is 0 Å². The minimum Gasteiger partial charge on any atom is -0.356 e. The summed E-state index contributed by atoms with van der Waals surface area (Å²) in [4.78, 5) is 0.303. The molecule has 17 heavy (non-hydrogen) atoms. The normalized spacial score (nSPS) is 26.0. The third-order valence-electron chi connectivity index (χ3n) is 3.24. The van der Waals surface area contributed by atoms with Crippen molar-refractivity contribution >= 4 is 10.0 Å². The predicted molar refractivity (Wildman–Crippen MR) is 66.0 cm³/mol. The van der Waals surface area contributed by atoms with Gasteiger partial charge in [-0.05, 0) is 18.9 Å². The molecule has 2 unspecified atom stereocenters. The largest absolute Gasteiger partial charge is 0.356 e. The van der Waals surface area contributed by atoms with E-state index in [2.05, 4.69) is 4.72 Å². The summed E-state index contributed by atoms with van der Waals surface area (Å²) in [5, 5.41) is 0. The Morgan fingerprint density at radius 2 is 2.12 bits per heavy atom. The monoisotopic (exact) mass is 257 g/mol. The van der Waals surface area contributed by atoms with Gasteiger partial charge in [0.1, 0.15) is 0 Å². The van der Waals surface area contributed by atoms with Crippen molar-refractivity contribution in [3.05, 3.63) is 18.5 Å². The molecule has 2 rings (SSSR count). The summed E-state index contributed by atoms with van der Waals surface area (Å²) in [6, 6.07) is 1.40. The number of nitrogens with zero attached hydrogens (tertiary/aromatic N) is 1. The van der Waals surface area contributed by atoms with Gasteiger partial charge in [-0.1, -0.05) is 12.8 Å². The summed E-state index contributed by atoms with van der Waals surface area (Å²) in [5.74, 6) is 0. The molecule has 5 nitrogen and oxygen atoms in total. The smallest absolute Gasteiger partial charge is 0.242 e. The first-order chi connectivity index (χ1) is 7.99. The molecule has 1 saturated carbocycles. The zero-order valence-corrected chi connectivity index (χ0v) is 10.8. The molecule has 0 radical (unpaired) electrons. The van der Waals surface area contributed by atoms with Crippen LogP contribution in [0, 0.1) is 0 Å². The molecule has 1 heterocycles. The van der Waals surface area contributed by atoms with Crippen LogP contribution in [0.3, 0.4) is 0 Å². The molecule has 1 aliphatic carbocycles. The first-order valence-corrected chi connectivity index (χ1v) is 7.37. The number of aromatic nitrogens is 1. The van der Waals surface area contributed by atoms with Crippen LogP contribution in [0.4, 0.5) is 0 Å². The number of hydrogen-bond acceptors (Lipinski definition) is 3. The SMILES string of the molecule is Cn1ccc(S(=O)(=O)NC2CCCCC2N)c1. The van der Waals surface area contributed by atoms with Crippen molar-refractivity contribution in [3.8, 4) is 0 Å². The Bertz CT molecular complexity index is 481. The Morgan fingerprint density at radius 1 is 1.41 bits per heavy atom. The number of nitrogens with two attached hydrogens (primary N) is 1. The van der Waals surface area contributed by atoms with Gasteiger partial charge in [0, 0.05) is 31.5 Å². The van der Waals surface area contributed by atoms with Gasteiger partial charge in [0.15, 0.2) is 0 Å². The van der Waals surface area contributed by atoms with Crippen molar-refractivity contribution in [2.45, 2.75) is 42.7 Å². The molecule has 3 N–H and O–H groups in total. The van der Waals surface area contributed by atoms with E-state index in [4.69, 9.17) is 5.73 Å². The lowest BCUT2D eigenvalue weighted by atomic mass is 9.92. The van der Waals surface area contributed by atoms with Crippen molar-refractivity contribution in [2.24, 2.45) is 12.8 Å². The Labute approximate surface area is 102 Å². The number of aryl methyl sites for hydroxylation is 1. The third kappa shape index (κ3) is 2.88. The van der Waals surface area contributed by atoms with E-state index in [-0.39, 0.29) is 12.1 Å². The van der Waals surface area contributed by atoms with E-state index in [0.29, 0.717) is 4.90 Å². The molecule has 0 aliphatic heterocycles. The molecule has 6 heteroatoms. The van der Waals surface area contributed by atoms with Crippen molar-refractivity contribution in [1.29, 1.82) is 0 Å². The summed E-state index contributed by atoms with van der Waals surface area (Å²) in [7, 11) is -1.63. The average Bonchev–Trinajstić information content (AvgIpc) is 2.69. The maximum absolute atomic E-state index is 12.1. The molecule has 1 aliphatic rings. The maximum atomic E-state index is 12.1. The average molecular weight is 257 g/mol. The number of rotatable bonds is 3. The van der Waals surface area contributed by atoms with E-state index >= 15 is 0 Å². The van der Waals surface area contributed by atoms with Crippen LogP contribution in [0.15, 0.2) is 23.4 Å². The lowest BCUT2D eigenvalue weighted by molar-refractivity contribution is 0.361. The highest BCUT2D eigenvalue weighted by Gasteiger charge is 2.27. The van der Waals surface area contributed by atoms with Crippen molar-refractivity contribution in [2.75, 3.05) is 0 Å². The van der Waals surface area contributed by atoms with Gasteiger partial charge < -0.3 is 10.3 Å². The van der Waals surface area contributed by atoms with E-state index in [1.165, 1.54) is 0 Å². The van der Waals surface area contributed by atoms with Crippen LogP contribution in [0.25, 0.3) is 0 Å². The number of nitrogens with one attached hydrogen (secondary N) is 1. The fraction of sp³-hybridized carbons (Fsp3) is 0.636. The summed E-state index contributed by atoms with van der Waals surface area (Å²) in [5.41, 5.74) is 5.94. The second-order valence-corrected chi connectivity index (χ2v) is 6.40. The van der Waals surface area contributed by atoms with Gasteiger partial charge in [0.25, 0.3) is 0 Å². The van der Waals surface area contributed by atoms with Crippen LogP contribution in [-0.2, 0) is 17.1 Å². The molecule has 96 valence electrons. The Balaban J connectivity index is 2.11. The fourth-order valence-electron chi connectivity index (χ4n) is 2.21. The van der Waals surface area contributed by atoms with Gasteiger partial charge in [-0.25, -0.2) is 13.1 Å². The minimum atomic E-state index is -3.42. The molecular formula is C11H19N3O2S. The van der Waals surface area contributed by atoms with E-state index in [0.717, 1.165) is 25.7 Å². The zero-order chi connectivity index (χ0) is 12.5. The molecular weight excluding hydrogens is 238 g/mol. The fourth-order valence-corrected chi connectivity index (χ4v) is 3.58. The van der Waals surface area contributed by atoms with Crippen LogP contribution in [0.1, 0.15) is 25.7 Å². The molecule has 0 spiro atoms. The van der Waals surface area contributed by atoms with Crippen LogP contribution >= 0.6 is 0 Å². The summed E-state index contributed by atoms with van der Waals surface area (Å²) < 4.78 is 28.6. The molecule has 1 fully saturated rings. The van der Waals surface area contributed by atoms with Crippen LogP contribution < -0.4 is 10.5 Å². The van der Waals surface area contributed by atoms with Crippen molar-refractivity contribution in [1.82, 2.24) is 9.29 Å². The lowest BCUT2D eigenvalue weighted by Crippen LogP contribution is -2.49. The van der Waals surface area contributed by atoms with Gasteiger partial charge in [0.2, 0.25) is 10.0 Å². The van der Waals surface area contributed by atoms with Gasteiger partial charge in [0.05, 0.1) is 4.90 Å². The van der Waals surface area contributed by atoms with E-state index in [1.807, 2.05) is 0 Å². The first kappa shape index (κ1) is 12.6. The van der Waals surface area contributed by atoms with Crippen LogP contribution in [0.2, 0.25) is 0 Å². The first-order valence-electron chi connectivity index (χ1n) is 5.89.